The van der Waals surface area contributed by atoms with Gasteiger partial charge in [-0.15, -0.1) is 4.91 Å². The van der Waals surface area contributed by atoms with Crippen molar-refractivity contribution in [1.82, 2.24) is 0 Å². The highest BCUT2D eigenvalue weighted by Crippen LogP contribution is 2.22. The molecule has 0 N–H and O–H groups in total. The summed E-state index contributed by atoms with van der Waals surface area (Å²) in [5, 5.41) is 2.86. The van der Waals surface area contributed by atoms with Gasteiger partial charge in [0.25, 0.3) is 0 Å². The molecule has 0 aliphatic heterocycles. The summed E-state index contributed by atoms with van der Waals surface area (Å²) < 4.78 is 5.02. The molecule has 0 amide bonds. The molecule has 2 rings (SSSR count). The number of hydrogen-bond acceptors (Lipinski definition) is 4. The predicted octanol–water partition coefficient (Wildman–Crippen LogP) is 3.32. The number of methoxy groups -OCH3 is 1. The molecule has 18 heavy (non-hydrogen) atoms. The lowest BCUT2D eigenvalue weighted by molar-refractivity contribution is 0.103. The summed E-state index contributed by atoms with van der Waals surface area (Å²) in [5.41, 5.74) is 0.947. The minimum absolute atomic E-state index is 0.151. The van der Waals surface area contributed by atoms with E-state index >= 15 is 0 Å². The van der Waals surface area contributed by atoms with Crippen LogP contribution < -0.4 is 4.74 Å². The van der Waals surface area contributed by atoms with E-state index in [1.807, 2.05) is 0 Å². The normalized spacial score (nSPS) is 9.83. The minimum atomic E-state index is -0.229. The van der Waals surface area contributed by atoms with Gasteiger partial charge in [-0.1, -0.05) is 12.1 Å². The van der Waals surface area contributed by atoms with E-state index in [0.29, 0.717) is 16.9 Å². The van der Waals surface area contributed by atoms with Gasteiger partial charge in [-0.25, -0.2) is 0 Å². The SMILES string of the molecule is COc1ccc(C(=O)c2ccccc2N=O)cc1. The van der Waals surface area contributed by atoms with Crippen LogP contribution in [0, 0.1) is 4.91 Å². The van der Waals surface area contributed by atoms with E-state index < -0.39 is 0 Å². The van der Waals surface area contributed by atoms with Crippen LogP contribution >= 0.6 is 0 Å². The molecule has 2 aromatic rings. The summed E-state index contributed by atoms with van der Waals surface area (Å²) in [6.07, 6.45) is 0. The Morgan fingerprint density at radius 1 is 1.06 bits per heavy atom. The topological polar surface area (TPSA) is 55.7 Å². The van der Waals surface area contributed by atoms with Gasteiger partial charge in [0.1, 0.15) is 11.4 Å². The van der Waals surface area contributed by atoms with Crippen LogP contribution in [0.25, 0.3) is 0 Å². The van der Waals surface area contributed by atoms with Crippen molar-refractivity contribution < 1.29 is 9.53 Å². The van der Waals surface area contributed by atoms with Crippen LogP contribution in [0.3, 0.4) is 0 Å². The standard InChI is InChI=1S/C14H11NO3/c1-18-11-8-6-10(7-9-11)14(16)12-4-2-3-5-13(12)15-17/h2-9H,1H3. The van der Waals surface area contributed by atoms with Crippen LogP contribution in [0.15, 0.2) is 53.7 Å². The third-order valence-corrected chi connectivity index (χ3v) is 2.60. The van der Waals surface area contributed by atoms with Gasteiger partial charge >= 0.3 is 0 Å². The zero-order valence-corrected chi connectivity index (χ0v) is 9.79. The fourth-order valence-corrected chi connectivity index (χ4v) is 1.64. The van der Waals surface area contributed by atoms with Gasteiger partial charge in [0.05, 0.1) is 12.7 Å². The van der Waals surface area contributed by atoms with Crippen molar-refractivity contribution in [2.24, 2.45) is 5.18 Å². The molecule has 4 heteroatoms. The Hall–Kier alpha value is -2.49. The number of benzene rings is 2. The number of ether oxygens (including phenoxy) is 1. The fraction of sp³-hybridized carbons (Fsp3) is 0.0714. The molecule has 0 bridgehead atoms. The third kappa shape index (κ3) is 2.27. The molecule has 0 fully saturated rings. The summed E-state index contributed by atoms with van der Waals surface area (Å²) in [7, 11) is 1.56. The van der Waals surface area contributed by atoms with E-state index in [2.05, 4.69) is 5.18 Å². The highest BCUT2D eigenvalue weighted by Gasteiger charge is 2.13. The first kappa shape index (κ1) is 12.0. The molecule has 0 aliphatic carbocycles. The van der Waals surface area contributed by atoms with E-state index in [1.165, 1.54) is 6.07 Å². The van der Waals surface area contributed by atoms with E-state index in [1.54, 1.807) is 49.6 Å². The molecule has 90 valence electrons. The van der Waals surface area contributed by atoms with Crippen molar-refractivity contribution in [3.63, 3.8) is 0 Å². The second-order valence-electron chi connectivity index (χ2n) is 3.67. The Balaban J connectivity index is 2.38. The zero-order chi connectivity index (χ0) is 13.0. The van der Waals surface area contributed by atoms with Gasteiger partial charge in [0, 0.05) is 5.56 Å². The molecular weight excluding hydrogens is 230 g/mol. The van der Waals surface area contributed by atoms with Crippen LogP contribution in [0.2, 0.25) is 0 Å². The molecule has 0 unspecified atom stereocenters. The average Bonchev–Trinajstić information content (AvgIpc) is 2.46. The second-order valence-corrected chi connectivity index (χ2v) is 3.67. The van der Waals surface area contributed by atoms with Gasteiger partial charge in [0.15, 0.2) is 5.78 Å². The Kier molecular flexibility index (Phi) is 3.48. The minimum Gasteiger partial charge on any atom is -0.497 e. The quantitative estimate of drug-likeness (QED) is 0.609. The molecule has 0 saturated heterocycles. The first-order chi connectivity index (χ1) is 8.76. The Morgan fingerprint density at radius 2 is 1.72 bits per heavy atom. The number of carbonyl (C=O) groups excluding carboxylic acids is 1. The lowest BCUT2D eigenvalue weighted by Crippen LogP contribution is -2.01. The van der Waals surface area contributed by atoms with Crippen molar-refractivity contribution >= 4 is 11.5 Å². The largest absolute Gasteiger partial charge is 0.497 e. The monoisotopic (exact) mass is 241 g/mol. The highest BCUT2D eigenvalue weighted by molar-refractivity contribution is 6.11. The van der Waals surface area contributed by atoms with Crippen LogP contribution in [0.1, 0.15) is 15.9 Å². The Morgan fingerprint density at radius 3 is 2.33 bits per heavy atom. The summed E-state index contributed by atoms with van der Waals surface area (Å²) in [4.78, 5) is 22.8. The van der Waals surface area contributed by atoms with Gasteiger partial charge in [-0.05, 0) is 41.6 Å². The van der Waals surface area contributed by atoms with Crippen LogP contribution in [0.5, 0.6) is 5.75 Å². The summed E-state index contributed by atoms with van der Waals surface area (Å²) in [6, 6.07) is 13.2. The highest BCUT2D eigenvalue weighted by atomic mass is 16.5. The van der Waals surface area contributed by atoms with Crippen molar-refractivity contribution in [3.8, 4) is 5.75 Å². The summed E-state index contributed by atoms with van der Waals surface area (Å²) in [5.74, 6) is 0.446. The molecule has 0 atom stereocenters. The Labute approximate surface area is 104 Å². The zero-order valence-electron chi connectivity index (χ0n) is 9.79. The molecule has 0 saturated carbocycles. The number of nitrogens with zero attached hydrogens (tertiary/aromatic N) is 1. The van der Waals surface area contributed by atoms with Gasteiger partial charge < -0.3 is 4.74 Å². The van der Waals surface area contributed by atoms with Crippen molar-refractivity contribution in [2.45, 2.75) is 0 Å². The molecule has 0 spiro atoms. The summed E-state index contributed by atoms with van der Waals surface area (Å²) in [6.45, 7) is 0. The second kappa shape index (κ2) is 5.23. The molecule has 0 radical (unpaired) electrons. The molecule has 0 aromatic heterocycles. The van der Waals surface area contributed by atoms with Crippen LogP contribution in [-0.4, -0.2) is 12.9 Å². The smallest absolute Gasteiger partial charge is 0.195 e. The first-order valence-corrected chi connectivity index (χ1v) is 5.37. The van der Waals surface area contributed by atoms with E-state index in [9.17, 15) is 9.70 Å². The number of hydrogen-bond donors (Lipinski definition) is 0. The maximum absolute atomic E-state index is 12.2. The molecule has 0 aliphatic rings. The number of carbonyl (C=O) groups is 1. The van der Waals surface area contributed by atoms with E-state index in [0.717, 1.165) is 0 Å². The third-order valence-electron chi connectivity index (χ3n) is 2.60. The van der Waals surface area contributed by atoms with Crippen LogP contribution in [0.4, 0.5) is 5.69 Å². The van der Waals surface area contributed by atoms with Crippen molar-refractivity contribution in [2.75, 3.05) is 7.11 Å². The van der Waals surface area contributed by atoms with Gasteiger partial charge in [-0.2, -0.15) is 0 Å². The van der Waals surface area contributed by atoms with Crippen LogP contribution in [-0.2, 0) is 0 Å². The molecule has 4 nitrogen and oxygen atoms in total. The van der Waals surface area contributed by atoms with Crippen molar-refractivity contribution in [1.29, 1.82) is 0 Å². The molecular formula is C14H11NO3. The van der Waals surface area contributed by atoms with Gasteiger partial charge in [-0.3, -0.25) is 4.79 Å². The average molecular weight is 241 g/mol. The fourth-order valence-electron chi connectivity index (χ4n) is 1.64. The number of nitroso groups, excluding NO2 is 1. The molecule has 2 aromatic carbocycles. The predicted molar refractivity (Wildman–Crippen MR) is 68.3 cm³/mol. The first-order valence-electron chi connectivity index (χ1n) is 5.37. The van der Waals surface area contributed by atoms with E-state index in [4.69, 9.17) is 4.74 Å². The lowest BCUT2D eigenvalue weighted by Gasteiger charge is -2.04. The van der Waals surface area contributed by atoms with Gasteiger partial charge in [0.2, 0.25) is 0 Å². The number of ketones is 1. The Bertz CT molecular complexity index is 576. The van der Waals surface area contributed by atoms with E-state index in [-0.39, 0.29) is 11.5 Å². The summed E-state index contributed by atoms with van der Waals surface area (Å²) >= 11 is 0. The number of rotatable bonds is 4. The maximum Gasteiger partial charge on any atom is 0.195 e. The molecule has 0 heterocycles. The van der Waals surface area contributed by atoms with Crippen molar-refractivity contribution in [3.05, 3.63) is 64.6 Å². The lowest BCUT2D eigenvalue weighted by atomic mass is 10.0. The maximum atomic E-state index is 12.2.